The molecule has 1 aromatic carbocycles. The normalized spacial score (nSPS) is 15.9. The quantitative estimate of drug-likeness (QED) is 0.661. The summed E-state index contributed by atoms with van der Waals surface area (Å²) < 4.78 is 0. The van der Waals surface area contributed by atoms with Gasteiger partial charge in [-0.25, -0.2) is 4.79 Å². The first-order valence-corrected chi connectivity index (χ1v) is 6.53. The van der Waals surface area contributed by atoms with Crippen molar-refractivity contribution in [1.82, 2.24) is 4.90 Å². The number of likely N-dealkylation sites (tertiary alicyclic amines) is 1. The number of rotatable bonds is 3. The molecule has 0 atom stereocenters. The Morgan fingerprint density at radius 3 is 2.65 bits per heavy atom. The van der Waals surface area contributed by atoms with Crippen molar-refractivity contribution in [2.45, 2.75) is 18.9 Å². The van der Waals surface area contributed by atoms with Crippen LogP contribution in [0.5, 0.6) is 0 Å². The first-order valence-electron chi connectivity index (χ1n) is 6.15. The Morgan fingerprint density at radius 1 is 1.45 bits per heavy atom. The van der Waals surface area contributed by atoms with E-state index in [1.165, 1.54) is 23.1 Å². The molecule has 2 rings (SSSR count). The summed E-state index contributed by atoms with van der Waals surface area (Å²) in [6, 6.07) is 4.28. The molecular weight excluding hydrogens is 286 g/mol. The summed E-state index contributed by atoms with van der Waals surface area (Å²) in [6.07, 6.45) is 0.369. The lowest BCUT2D eigenvalue weighted by Crippen LogP contribution is -2.41. The summed E-state index contributed by atoms with van der Waals surface area (Å²) in [5.74, 6) is 0. The van der Waals surface area contributed by atoms with Crippen LogP contribution >= 0.6 is 11.6 Å². The maximum absolute atomic E-state index is 10.8. The zero-order valence-electron chi connectivity index (χ0n) is 10.6. The molecule has 0 unspecified atom stereocenters. The summed E-state index contributed by atoms with van der Waals surface area (Å²) >= 11 is 6.01. The molecule has 8 heteroatoms. The highest BCUT2D eigenvalue weighted by molar-refractivity contribution is 6.33. The van der Waals surface area contributed by atoms with Gasteiger partial charge in [0.2, 0.25) is 0 Å². The van der Waals surface area contributed by atoms with Gasteiger partial charge in [0, 0.05) is 31.3 Å². The minimum absolute atomic E-state index is 0.0279. The van der Waals surface area contributed by atoms with E-state index in [4.69, 9.17) is 16.7 Å². The molecule has 0 aromatic heterocycles. The van der Waals surface area contributed by atoms with Crippen molar-refractivity contribution in [3.05, 3.63) is 33.3 Å². The lowest BCUT2D eigenvalue weighted by atomic mass is 10.0. The number of piperidine rings is 1. The van der Waals surface area contributed by atoms with Gasteiger partial charge in [-0.1, -0.05) is 11.6 Å². The van der Waals surface area contributed by atoms with E-state index in [2.05, 4.69) is 5.32 Å². The van der Waals surface area contributed by atoms with Crippen LogP contribution in [0, 0.1) is 10.1 Å². The molecular formula is C12H14ClN3O4. The number of nitro groups is 1. The number of nitro benzene ring substituents is 1. The van der Waals surface area contributed by atoms with E-state index >= 15 is 0 Å². The Labute approximate surface area is 120 Å². The van der Waals surface area contributed by atoms with Crippen molar-refractivity contribution < 1.29 is 14.8 Å². The fourth-order valence-electron chi connectivity index (χ4n) is 2.17. The van der Waals surface area contributed by atoms with Crippen LogP contribution in [0.15, 0.2) is 18.2 Å². The standard InChI is InChI=1S/C12H14ClN3O4/c13-10-2-1-9(16(19)20)7-11(10)14-8-3-5-15(6-4-8)12(17)18/h1-2,7-8,14H,3-6H2,(H,17,18). The second kappa shape index (κ2) is 5.96. The number of non-ortho nitro benzene ring substituents is 1. The SMILES string of the molecule is O=C(O)N1CCC(Nc2cc([N+](=O)[O-])ccc2Cl)CC1. The number of carboxylic acid groups (broad SMARTS) is 1. The second-order valence-electron chi connectivity index (χ2n) is 4.61. The molecule has 1 fully saturated rings. The van der Waals surface area contributed by atoms with Crippen molar-refractivity contribution in [1.29, 1.82) is 0 Å². The molecule has 1 heterocycles. The van der Waals surface area contributed by atoms with Crippen molar-refractivity contribution in [2.75, 3.05) is 18.4 Å². The minimum Gasteiger partial charge on any atom is -0.465 e. The first-order chi connectivity index (χ1) is 9.47. The van der Waals surface area contributed by atoms with Gasteiger partial charge in [-0.3, -0.25) is 10.1 Å². The molecule has 1 amide bonds. The highest BCUT2D eigenvalue weighted by Crippen LogP contribution is 2.28. The van der Waals surface area contributed by atoms with E-state index in [0.717, 1.165) is 0 Å². The maximum atomic E-state index is 10.8. The van der Waals surface area contributed by atoms with Crippen molar-refractivity contribution in [3.63, 3.8) is 0 Å². The van der Waals surface area contributed by atoms with Crippen molar-refractivity contribution in [2.24, 2.45) is 0 Å². The predicted octanol–water partition coefficient (Wildman–Crippen LogP) is 2.80. The Balaban J connectivity index is 2.02. The van der Waals surface area contributed by atoms with Crippen LogP contribution in [0.3, 0.4) is 0 Å². The van der Waals surface area contributed by atoms with Gasteiger partial charge in [-0.2, -0.15) is 0 Å². The number of nitrogens with zero attached hydrogens (tertiary/aromatic N) is 2. The van der Waals surface area contributed by atoms with Crippen LogP contribution in [0.25, 0.3) is 0 Å². The van der Waals surface area contributed by atoms with E-state index in [1.807, 2.05) is 0 Å². The zero-order chi connectivity index (χ0) is 14.7. The molecule has 7 nitrogen and oxygen atoms in total. The molecule has 0 spiro atoms. The minimum atomic E-state index is -0.920. The fourth-order valence-corrected chi connectivity index (χ4v) is 2.34. The molecule has 0 bridgehead atoms. The van der Waals surface area contributed by atoms with Crippen molar-refractivity contribution in [3.8, 4) is 0 Å². The number of hydrogen-bond acceptors (Lipinski definition) is 4. The largest absolute Gasteiger partial charge is 0.465 e. The van der Waals surface area contributed by atoms with E-state index in [0.29, 0.717) is 36.6 Å². The van der Waals surface area contributed by atoms with Gasteiger partial charge in [0.1, 0.15) is 0 Å². The predicted molar refractivity (Wildman–Crippen MR) is 74.3 cm³/mol. The van der Waals surface area contributed by atoms with Gasteiger partial charge in [-0.05, 0) is 18.9 Å². The summed E-state index contributed by atoms with van der Waals surface area (Å²) in [4.78, 5) is 22.4. The van der Waals surface area contributed by atoms with Crippen LogP contribution in [0.2, 0.25) is 5.02 Å². The first kappa shape index (κ1) is 14.4. The molecule has 0 radical (unpaired) electrons. The molecule has 1 aromatic rings. The van der Waals surface area contributed by atoms with E-state index in [-0.39, 0.29) is 11.7 Å². The van der Waals surface area contributed by atoms with Gasteiger partial charge < -0.3 is 15.3 Å². The molecule has 1 aliphatic rings. The fraction of sp³-hybridized carbons (Fsp3) is 0.417. The molecule has 20 heavy (non-hydrogen) atoms. The Hall–Kier alpha value is -2.02. The molecule has 1 saturated heterocycles. The number of carbonyl (C=O) groups is 1. The van der Waals surface area contributed by atoms with Gasteiger partial charge >= 0.3 is 6.09 Å². The topological polar surface area (TPSA) is 95.7 Å². The van der Waals surface area contributed by atoms with E-state index in [9.17, 15) is 14.9 Å². The Kier molecular flexibility index (Phi) is 4.29. The third-order valence-electron chi connectivity index (χ3n) is 3.29. The number of halogens is 1. The third kappa shape index (κ3) is 3.30. The van der Waals surface area contributed by atoms with Crippen LogP contribution in [-0.2, 0) is 0 Å². The number of hydrogen-bond donors (Lipinski definition) is 2. The average molecular weight is 300 g/mol. The maximum Gasteiger partial charge on any atom is 0.407 e. The van der Waals surface area contributed by atoms with E-state index in [1.54, 1.807) is 0 Å². The highest BCUT2D eigenvalue weighted by atomic mass is 35.5. The molecule has 1 aliphatic heterocycles. The van der Waals surface area contributed by atoms with E-state index < -0.39 is 11.0 Å². The number of nitrogens with one attached hydrogen (secondary N) is 1. The van der Waals surface area contributed by atoms with Gasteiger partial charge in [0.25, 0.3) is 5.69 Å². The molecule has 2 N–H and O–H groups in total. The van der Waals surface area contributed by atoms with Crippen LogP contribution in [0.4, 0.5) is 16.2 Å². The lowest BCUT2D eigenvalue weighted by molar-refractivity contribution is -0.384. The Morgan fingerprint density at radius 2 is 2.10 bits per heavy atom. The van der Waals surface area contributed by atoms with Gasteiger partial charge in [0.15, 0.2) is 0 Å². The Bertz CT molecular complexity index is 529. The summed E-state index contributed by atoms with van der Waals surface area (Å²) in [5, 5.41) is 23.2. The van der Waals surface area contributed by atoms with Gasteiger partial charge in [-0.15, -0.1) is 0 Å². The van der Waals surface area contributed by atoms with Crippen LogP contribution in [0.1, 0.15) is 12.8 Å². The summed E-state index contributed by atoms with van der Waals surface area (Å²) in [5.41, 5.74) is 0.481. The zero-order valence-corrected chi connectivity index (χ0v) is 11.3. The van der Waals surface area contributed by atoms with Crippen LogP contribution < -0.4 is 5.32 Å². The number of anilines is 1. The smallest absolute Gasteiger partial charge is 0.407 e. The highest BCUT2D eigenvalue weighted by Gasteiger charge is 2.23. The monoisotopic (exact) mass is 299 g/mol. The van der Waals surface area contributed by atoms with Crippen LogP contribution in [-0.4, -0.2) is 40.2 Å². The number of benzene rings is 1. The molecule has 0 saturated carbocycles. The van der Waals surface area contributed by atoms with Gasteiger partial charge in [0.05, 0.1) is 15.6 Å². The molecule has 0 aliphatic carbocycles. The molecule has 108 valence electrons. The average Bonchev–Trinajstić information content (AvgIpc) is 2.41. The lowest BCUT2D eigenvalue weighted by Gasteiger charge is -2.31. The van der Waals surface area contributed by atoms with Crippen molar-refractivity contribution >= 4 is 29.1 Å². The second-order valence-corrected chi connectivity index (χ2v) is 5.02. The summed E-state index contributed by atoms with van der Waals surface area (Å²) in [7, 11) is 0. The third-order valence-corrected chi connectivity index (χ3v) is 3.62. The summed E-state index contributed by atoms with van der Waals surface area (Å²) in [6.45, 7) is 0.888. The number of amides is 1.